The molecule has 1 aromatic heterocycles. The first-order chi connectivity index (χ1) is 10.1. The fourth-order valence-electron chi connectivity index (χ4n) is 1.75. The smallest absolute Gasteiger partial charge is 0.220 e. The molecule has 110 valence electrons. The van der Waals surface area contributed by atoms with Gasteiger partial charge in [-0.3, -0.25) is 9.78 Å². The zero-order valence-corrected chi connectivity index (χ0v) is 13.0. The normalized spacial score (nSPS) is 10.1. The minimum atomic E-state index is -0.374. The third-order valence-electron chi connectivity index (χ3n) is 2.74. The molecule has 3 N–H and O–H groups in total. The number of ether oxygens (including phenoxy) is 1. The Bertz CT molecular complexity index is 619. The molecule has 2 aromatic rings. The lowest BCUT2D eigenvalue weighted by molar-refractivity contribution is -0.118. The van der Waals surface area contributed by atoms with Crippen LogP contribution in [0.1, 0.15) is 12.0 Å². The van der Waals surface area contributed by atoms with Gasteiger partial charge in [-0.1, -0.05) is 12.1 Å². The van der Waals surface area contributed by atoms with Crippen molar-refractivity contribution in [3.8, 4) is 5.75 Å². The van der Waals surface area contributed by atoms with Gasteiger partial charge in [-0.15, -0.1) is 0 Å². The molecule has 0 atom stereocenters. The Morgan fingerprint density at radius 1 is 1.33 bits per heavy atom. The van der Waals surface area contributed by atoms with Crippen molar-refractivity contribution >= 4 is 27.5 Å². The molecule has 0 aliphatic heterocycles. The van der Waals surface area contributed by atoms with Gasteiger partial charge >= 0.3 is 0 Å². The van der Waals surface area contributed by atoms with E-state index in [1.54, 1.807) is 12.4 Å². The molecule has 1 amide bonds. The standard InChI is InChI=1S/C15H16BrN3O2/c16-12-7-11(8-18-10-12)9-19-13-3-1-2-4-14(13)21-6-5-15(17)20/h1-4,7-8,10,19H,5-6,9H2,(H2,17,20). The molecular formula is C15H16BrN3O2. The van der Waals surface area contributed by atoms with Crippen molar-refractivity contribution in [2.24, 2.45) is 5.73 Å². The van der Waals surface area contributed by atoms with Crippen molar-refractivity contribution in [1.82, 2.24) is 4.98 Å². The van der Waals surface area contributed by atoms with E-state index in [1.807, 2.05) is 30.3 Å². The van der Waals surface area contributed by atoms with Crippen molar-refractivity contribution < 1.29 is 9.53 Å². The molecule has 1 heterocycles. The minimum Gasteiger partial charge on any atom is -0.491 e. The number of amides is 1. The van der Waals surface area contributed by atoms with Crippen molar-refractivity contribution in [1.29, 1.82) is 0 Å². The molecule has 0 unspecified atom stereocenters. The maximum atomic E-state index is 10.7. The van der Waals surface area contributed by atoms with E-state index >= 15 is 0 Å². The van der Waals surface area contributed by atoms with Crippen molar-refractivity contribution in [3.63, 3.8) is 0 Å². The van der Waals surface area contributed by atoms with Gasteiger partial charge in [0, 0.05) is 23.4 Å². The molecule has 0 aliphatic carbocycles. The molecule has 0 radical (unpaired) electrons. The Labute approximate surface area is 131 Å². The zero-order valence-electron chi connectivity index (χ0n) is 11.4. The van der Waals surface area contributed by atoms with Gasteiger partial charge in [0.1, 0.15) is 5.75 Å². The number of rotatable bonds is 7. The molecule has 1 aromatic carbocycles. The second-order valence-corrected chi connectivity index (χ2v) is 5.34. The van der Waals surface area contributed by atoms with Gasteiger partial charge in [0.05, 0.1) is 18.7 Å². The molecule has 6 heteroatoms. The number of para-hydroxylation sites is 2. The summed E-state index contributed by atoms with van der Waals surface area (Å²) in [6, 6.07) is 9.57. The van der Waals surface area contributed by atoms with Crippen LogP contribution in [0.4, 0.5) is 5.69 Å². The number of benzene rings is 1. The van der Waals surface area contributed by atoms with Crippen molar-refractivity contribution in [3.05, 3.63) is 52.8 Å². The fourth-order valence-corrected chi connectivity index (χ4v) is 2.16. The number of nitrogens with two attached hydrogens (primary N) is 1. The summed E-state index contributed by atoms with van der Waals surface area (Å²) in [5.74, 6) is 0.322. The number of hydrogen-bond donors (Lipinski definition) is 2. The molecule has 0 saturated carbocycles. The summed E-state index contributed by atoms with van der Waals surface area (Å²) in [4.78, 5) is 14.9. The molecule has 0 spiro atoms. The topological polar surface area (TPSA) is 77.2 Å². The fraction of sp³-hybridized carbons (Fsp3) is 0.200. The van der Waals surface area contributed by atoms with E-state index in [4.69, 9.17) is 10.5 Å². The number of anilines is 1. The maximum Gasteiger partial charge on any atom is 0.220 e. The summed E-state index contributed by atoms with van der Waals surface area (Å²) in [7, 11) is 0. The van der Waals surface area contributed by atoms with Gasteiger partial charge in [-0.25, -0.2) is 0 Å². The third-order valence-corrected chi connectivity index (χ3v) is 3.17. The summed E-state index contributed by atoms with van der Waals surface area (Å²) in [6.07, 6.45) is 3.74. The van der Waals surface area contributed by atoms with Crippen LogP contribution in [0.5, 0.6) is 5.75 Å². The van der Waals surface area contributed by atoms with Gasteiger partial charge in [0.2, 0.25) is 5.91 Å². The van der Waals surface area contributed by atoms with E-state index in [0.29, 0.717) is 12.3 Å². The Morgan fingerprint density at radius 2 is 2.14 bits per heavy atom. The van der Waals surface area contributed by atoms with Crippen molar-refractivity contribution in [2.75, 3.05) is 11.9 Å². The molecule has 0 bridgehead atoms. The number of pyridine rings is 1. The predicted octanol–water partition coefficient (Wildman–Crippen LogP) is 2.71. The number of aromatic nitrogens is 1. The van der Waals surface area contributed by atoms with Crippen molar-refractivity contribution in [2.45, 2.75) is 13.0 Å². The van der Waals surface area contributed by atoms with Crippen LogP contribution in [-0.2, 0) is 11.3 Å². The maximum absolute atomic E-state index is 10.7. The highest BCUT2D eigenvalue weighted by Crippen LogP contribution is 2.24. The van der Waals surface area contributed by atoms with Crippen LogP contribution in [0, 0.1) is 0 Å². The van der Waals surface area contributed by atoms with Crippen LogP contribution in [0.3, 0.4) is 0 Å². The van der Waals surface area contributed by atoms with E-state index in [-0.39, 0.29) is 18.9 Å². The van der Waals surface area contributed by atoms with Gasteiger partial charge in [-0.05, 0) is 39.7 Å². The van der Waals surface area contributed by atoms with Crippen LogP contribution in [0.2, 0.25) is 0 Å². The van der Waals surface area contributed by atoms with Gasteiger partial charge < -0.3 is 15.8 Å². The Balaban J connectivity index is 1.97. The number of carbonyl (C=O) groups is 1. The highest BCUT2D eigenvalue weighted by Gasteiger charge is 2.04. The number of carbonyl (C=O) groups excluding carboxylic acids is 1. The Kier molecular flexibility index (Phi) is 5.57. The molecule has 0 aliphatic rings. The lowest BCUT2D eigenvalue weighted by atomic mass is 10.2. The molecular weight excluding hydrogens is 334 g/mol. The number of primary amides is 1. The van der Waals surface area contributed by atoms with E-state index in [0.717, 1.165) is 15.7 Å². The summed E-state index contributed by atoms with van der Waals surface area (Å²) < 4.78 is 6.51. The van der Waals surface area contributed by atoms with Crippen LogP contribution in [0.25, 0.3) is 0 Å². The highest BCUT2D eigenvalue weighted by molar-refractivity contribution is 9.10. The van der Waals surface area contributed by atoms with Crippen LogP contribution in [-0.4, -0.2) is 17.5 Å². The SMILES string of the molecule is NC(=O)CCOc1ccccc1NCc1cncc(Br)c1. The summed E-state index contributed by atoms with van der Waals surface area (Å²) in [5.41, 5.74) is 7.01. The summed E-state index contributed by atoms with van der Waals surface area (Å²) in [5, 5.41) is 3.29. The van der Waals surface area contributed by atoms with E-state index in [2.05, 4.69) is 26.2 Å². The first-order valence-corrected chi connectivity index (χ1v) is 7.28. The highest BCUT2D eigenvalue weighted by atomic mass is 79.9. The number of nitrogens with one attached hydrogen (secondary N) is 1. The average Bonchev–Trinajstić information content (AvgIpc) is 2.46. The van der Waals surface area contributed by atoms with Gasteiger partial charge in [0.25, 0.3) is 0 Å². The average molecular weight is 350 g/mol. The summed E-state index contributed by atoms with van der Waals surface area (Å²) >= 11 is 3.39. The predicted molar refractivity (Wildman–Crippen MR) is 85.0 cm³/mol. The second kappa shape index (κ2) is 7.64. The van der Waals surface area contributed by atoms with E-state index in [1.165, 1.54) is 0 Å². The van der Waals surface area contributed by atoms with Crippen LogP contribution in [0.15, 0.2) is 47.2 Å². The van der Waals surface area contributed by atoms with Gasteiger partial charge in [0.15, 0.2) is 0 Å². The molecule has 0 saturated heterocycles. The third kappa shape index (κ3) is 5.07. The second-order valence-electron chi connectivity index (χ2n) is 4.43. The number of halogens is 1. The number of hydrogen-bond acceptors (Lipinski definition) is 4. The molecule has 0 fully saturated rings. The first-order valence-electron chi connectivity index (χ1n) is 6.48. The number of nitrogens with zero attached hydrogens (tertiary/aromatic N) is 1. The quantitative estimate of drug-likeness (QED) is 0.805. The minimum absolute atomic E-state index is 0.198. The Morgan fingerprint density at radius 3 is 2.90 bits per heavy atom. The monoisotopic (exact) mass is 349 g/mol. The summed E-state index contributed by atoms with van der Waals surface area (Å²) in [6.45, 7) is 0.898. The van der Waals surface area contributed by atoms with Gasteiger partial charge in [-0.2, -0.15) is 0 Å². The lowest BCUT2D eigenvalue weighted by Crippen LogP contribution is -2.15. The van der Waals surface area contributed by atoms with E-state index in [9.17, 15) is 4.79 Å². The van der Waals surface area contributed by atoms with Crippen LogP contribution < -0.4 is 15.8 Å². The Hall–Kier alpha value is -2.08. The lowest BCUT2D eigenvalue weighted by Gasteiger charge is -2.12. The molecule has 2 rings (SSSR count). The van der Waals surface area contributed by atoms with E-state index < -0.39 is 0 Å². The molecule has 21 heavy (non-hydrogen) atoms. The first kappa shape index (κ1) is 15.3. The van der Waals surface area contributed by atoms with Crippen LogP contribution >= 0.6 is 15.9 Å². The zero-order chi connectivity index (χ0) is 15.1. The largest absolute Gasteiger partial charge is 0.491 e. The molecule has 5 nitrogen and oxygen atoms in total.